The van der Waals surface area contributed by atoms with E-state index in [9.17, 15) is 19.7 Å². The molecule has 2 aromatic carbocycles. The lowest BCUT2D eigenvalue weighted by atomic mass is 10.3. The fraction of sp³-hybridized carbons (Fsp3) is 0.125. The summed E-state index contributed by atoms with van der Waals surface area (Å²) in [5.74, 6) is -0.720. The van der Waals surface area contributed by atoms with Crippen molar-refractivity contribution in [2.45, 2.75) is 0 Å². The Balaban J connectivity index is 1.70. The lowest BCUT2D eigenvalue weighted by Gasteiger charge is -2.10. The molecule has 11 heteroatoms. The van der Waals surface area contributed by atoms with Crippen molar-refractivity contribution < 1.29 is 24.0 Å². The molecule has 0 aliphatic rings. The predicted octanol–water partition coefficient (Wildman–Crippen LogP) is 2.51. The van der Waals surface area contributed by atoms with Gasteiger partial charge in [0.15, 0.2) is 13.2 Å². The lowest BCUT2D eigenvalue weighted by molar-refractivity contribution is -0.384. The van der Waals surface area contributed by atoms with Crippen molar-refractivity contribution in [2.24, 2.45) is 0 Å². The molecule has 0 saturated heterocycles. The monoisotopic (exact) mass is 413 g/mol. The molecule has 2 rings (SSSR count). The number of hydrogen-bond acceptors (Lipinski definition) is 6. The smallest absolute Gasteiger partial charge is 0.276 e. The highest BCUT2D eigenvalue weighted by Crippen LogP contribution is 2.27. The Morgan fingerprint density at radius 3 is 2.11 bits per heavy atom. The summed E-state index contributed by atoms with van der Waals surface area (Å²) in [7, 11) is 0. The number of halogens is 2. The molecular formula is C16H13Cl2N3O6. The van der Waals surface area contributed by atoms with E-state index in [4.69, 9.17) is 32.7 Å². The number of hydrogen-bond donors (Lipinski definition) is 2. The van der Waals surface area contributed by atoms with Gasteiger partial charge in [-0.1, -0.05) is 23.2 Å². The number of rotatable bonds is 7. The van der Waals surface area contributed by atoms with Gasteiger partial charge in [0.25, 0.3) is 17.5 Å². The summed E-state index contributed by atoms with van der Waals surface area (Å²) in [5.41, 5.74) is 4.18. The van der Waals surface area contributed by atoms with Gasteiger partial charge in [-0.15, -0.1) is 0 Å². The third-order valence-electron chi connectivity index (χ3n) is 3.01. The highest BCUT2D eigenvalue weighted by molar-refractivity contribution is 6.35. The molecule has 142 valence electrons. The first kappa shape index (κ1) is 20.3. The topological polar surface area (TPSA) is 120 Å². The molecule has 0 saturated carbocycles. The predicted molar refractivity (Wildman–Crippen MR) is 96.8 cm³/mol. The highest BCUT2D eigenvalue weighted by Gasteiger charge is 2.09. The molecule has 0 radical (unpaired) electrons. The summed E-state index contributed by atoms with van der Waals surface area (Å²) < 4.78 is 10.3. The second kappa shape index (κ2) is 9.60. The van der Waals surface area contributed by atoms with Crippen LogP contribution in [0.15, 0.2) is 42.5 Å². The second-order valence-corrected chi connectivity index (χ2v) is 5.84. The number of hydrazine groups is 1. The minimum absolute atomic E-state index is 0.0974. The Hall–Kier alpha value is -3.04. The Kier molecular flexibility index (Phi) is 7.21. The van der Waals surface area contributed by atoms with Crippen molar-refractivity contribution >= 4 is 40.7 Å². The van der Waals surface area contributed by atoms with E-state index in [-0.39, 0.29) is 28.8 Å². The normalized spacial score (nSPS) is 10.0. The van der Waals surface area contributed by atoms with Gasteiger partial charge in [-0.05, 0) is 30.3 Å². The van der Waals surface area contributed by atoms with E-state index < -0.39 is 23.3 Å². The third-order valence-corrected chi connectivity index (χ3v) is 3.54. The number of nitro groups is 1. The van der Waals surface area contributed by atoms with E-state index in [2.05, 4.69) is 10.9 Å². The molecule has 0 unspecified atom stereocenters. The molecule has 2 aromatic rings. The first-order valence-electron chi connectivity index (χ1n) is 7.38. The van der Waals surface area contributed by atoms with Crippen LogP contribution in [0.3, 0.4) is 0 Å². The van der Waals surface area contributed by atoms with Gasteiger partial charge in [-0.25, -0.2) is 0 Å². The van der Waals surface area contributed by atoms with Crippen LogP contribution in [0.4, 0.5) is 5.69 Å². The number of nitrogens with one attached hydrogen (secondary N) is 2. The molecule has 9 nitrogen and oxygen atoms in total. The third kappa shape index (κ3) is 6.65. The lowest BCUT2D eigenvalue weighted by Crippen LogP contribution is -2.45. The maximum Gasteiger partial charge on any atom is 0.276 e. The number of amides is 2. The maximum absolute atomic E-state index is 11.6. The van der Waals surface area contributed by atoms with Crippen molar-refractivity contribution in [3.8, 4) is 11.5 Å². The zero-order valence-corrected chi connectivity index (χ0v) is 15.1. The Bertz CT molecular complexity index is 845. The van der Waals surface area contributed by atoms with Crippen LogP contribution < -0.4 is 20.3 Å². The number of nitrogens with zero attached hydrogens (tertiary/aromatic N) is 1. The first-order valence-corrected chi connectivity index (χ1v) is 8.13. The van der Waals surface area contributed by atoms with E-state index in [1.54, 1.807) is 6.07 Å². The van der Waals surface area contributed by atoms with Crippen LogP contribution in [0.25, 0.3) is 0 Å². The molecule has 0 fully saturated rings. The van der Waals surface area contributed by atoms with Crippen LogP contribution >= 0.6 is 23.2 Å². The van der Waals surface area contributed by atoms with E-state index in [1.165, 1.54) is 36.4 Å². The minimum Gasteiger partial charge on any atom is -0.484 e. The Morgan fingerprint density at radius 2 is 1.56 bits per heavy atom. The molecule has 0 bridgehead atoms. The standard InChI is InChI=1S/C16H13Cl2N3O6/c17-10-1-6-14(13(18)7-10)27-9-16(23)20-19-15(22)8-26-12-4-2-11(3-5-12)21(24)25/h1-7H,8-9H2,(H,19,22)(H,20,23). The maximum atomic E-state index is 11.6. The van der Waals surface area contributed by atoms with Gasteiger partial charge in [0, 0.05) is 17.2 Å². The average Bonchev–Trinajstić information content (AvgIpc) is 2.64. The van der Waals surface area contributed by atoms with Crippen LogP contribution in [0.1, 0.15) is 0 Å². The molecule has 27 heavy (non-hydrogen) atoms. The van der Waals surface area contributed by atoms with Crippen LogP contribution in [-0.2, 0) is 9.59 Å². The zero-order valence-electron chi connectivity index (χ0n) is 13.6. The molecule has 0 spiro atoms. The van der Waals surface area contributed by atoms with Gasteiger partial charge in [-0.3, -0.25) is 30.6 Å². The molecule has 2 amide bonds. The number of carbonyl (C=O) groups is 2. The number of carbonyl (C=O) groups excluding carboxylic acids is 2. The summed E-state index contributed by atoms with van der Waals surface area (Å²) in [6.45, 7) is -0.785. The number of non-ortho nitro benzene ring substituents is 1. The summed E-state index contributed by atoms with van der Waals surface area (Å²) in [6, 6.07) is 9.73. The van der Waals surface area contributed by atoms with Crippen LogP contribution in [0, 0.1) is 10.1 Å². The fourth-order valence-electron chi connectivity index (χ4n) is 1.76. The van der Waals surface area contributed by atoms with Gasteiger partial charge in [-0.2, -0.15) is 0 Å². The van der Waals surface area contributed by atoms with E-state index >= 15 is 0 Å². The molecular weight excluding hydrogens is 401 g/mol. The van der Waals surface area contributed by atoms with E-state index in [0.717, 1.165) is 0 Å². The van der Waals surface area contributed by atoms with Gasteiger partial charge >= 0.3 is 0 Å². The van der Waals surface area contributed by atoms with Gasteiger partial charge in [0.2, 0.25) is 0 Å². The number of benzene rings is 2. The summed E-state index contributed by atoms with van der Waals surface area (Å²) in [4.78, 5) is 33.3. The zero-order chi connectivity index (χ0) is 19.8. The summed E-state index contributed by atoms with van der Waals surface area (Å²) in [5, 5.41) is 11.2. The van der Waals surface area contributed by atoms with Gasteiger partial charge in [0.05, 0.1) is 9.95 Å². The highest BCUT2D eigenvalue weighted by atomic mass is 35.5. The van der Waals surface area contributed by atoms with Gasteiger partial charge in [0.1, 0.15) is 11.5 Å². The summed E-state index contributed by atoms with van der Waals surface area (Å²) in [6.07, 6.45) is 0. The Morgan fingerprint density at radius 1 is 0.963 bits per heavy atom. The molecule has 0 aliphatic heterocycles. The van der Waals surface area contributed by atoms with Crippen molar-refractivity contribution in [3.63, 3.8) is 0 Å². The second-order valence-electron chi connectivity index (χ2n) is 5.00. The number of nitro benzene ring substituents is 1. The van der Waals surface area contributed by atoms with Crippen LogP contribution in [0.2, 0.25) is 10.0 Å². The molecule has 0 aliphatic carbocycles. The van der Waals surface area contributed by atoms with E-state index in [0.29, 0.717) is 5.02 Å². The van der Waals surface area contributed by atoms with Crippen molar-refractivity contribution in [1.82, 2.24) is 10.9 Å². The molecule has 2 N–H and O–H groups in total. The fourth-order valence-corrected chi connectivity index (χ4v) is 2.22. The largest absolute Gasteiger partial charge is 0.484 e. The van der Waals surface area contributed by atoms with Crippen molar-refractivity contribution in [2.75, 3.05) is 13.2 Å². The molecule has 0 aromatic heterocycles. The minimum atomic E-state index is -0.633. The van der Waals surface area contributed by atoms with Crippen molar-refractivity contribution in [1.29, 1.82) is 0 Å². The van der Waals surface area contributed by atoms with Crippen molar-refractivity contribution in [3.05, 3.63) is 62.6 Å². The first-order chi connectivity index (χ1) is 12.8. The summed E-state index contributed by atoms with van der Waals surface area (Å²) >= 11 is 11.7. The number of ether oxygens (including phenoxy) is 2. The SMILES string of the molecule is O=C(COc1ccc([N+](=O)[O-])cc1)NNC(=O)COc1ccc(Cl)cc1Cl. The van der Waals surface area contributed by atoms with E-state index in [1.807, 2.05) is 0 Å². The van der Waals surface area contributed by atoms with Crippen LogP contribution in [0.5, 0.6) is 11.5 Å². The Labute approximate surface area is 163 Å². The van der Waals surface area contributed by atoms with Gasteiger partial charge < -0.3 is 9.47 Å². The average molecular weight is 414 g/mol. The van der Waals surface area contributed by atoms with Crippen LogP contribution in [-0.4, -0.2) is 30.0 Å². The molecule has 0 heterocycles. The molecule has 0 atom stereocenters. The quantitative estimate of drug-likeness (QED) is 0.531.